The lowest BCUT2D eigenvalue weighted by Crippen LogP contribution is -2.17. The summed E-state index contributed by atoms with van der Waals surface area (Å²) in [6.07, 6.45) is 3.16. The Morgan fingerprint density at radius 1 is 1.56 bits per heavy atom. The number of benzene rings is 1. The Balaban J connectivity index is 2.48. The van der Waals surface area contributed by atoms with Gasteiger partial charge in [0.2, 0.25) is 0 Å². The molecule has 4 heteroatoms. The molecule has 1 aliphatic rings. The van der Waals surface area contributed by atoms with Gasteiger partial charge in [-0.1, -0.05) is 24.9 Å². The van der Waals surface area contributed by atoms with E-state index in [0.29, 0.717) is 28.9 Å². The normalized spacial score (nSPS) is 17.8. The zero-order valence-electron chi connectivity index (χ0n) is 10.7. The molecule has 98 valence electrons. The van der Waals surface area contributed by atoms with E-state index in [1.807, 2.05) is 6.07 Å². The van der Waals surface area contributed by atoms with Crippen LogP contribution in [-0.2, 0) is 4.74 Å². The Labute approximate surface area is 112 Å². The van der Waals surface area contributed by atoms with Crippen LogP contribution in [0.3, 0.4) is 0 Å². The highest BCUT2D eigenvalue weighted by Crippen LogP contribution is 2.40. The van der Waals surface area contributed by atoms with Crippen molar-refractivity contribution < 1.29 is 14.3 Å². The molecule has 1 heterocycles. The lowest BCUT2D eigenvalue weighted by Gasteiger charge is -2.27. The smallest absolute Gasteiger partial charge is 0.341 e. The molecule has 0 saturated carbocycles. The van der Waals surface area contributed by atoms with E-state index in [1.54, 1.807) is 6.07 Å². The standard InChI is InChI=1S/C14H17ClO3/c1-3-4-9-5-6-18-13-11(9)7-10(15)8-12(13)14(16)17-2/h7-9H,3-6H2,1-2H3. The Hall–Kier alpha value is -1.22. The van der Waals surface area contributed by atoms with Gasteiger partial charge in [0.25, 0.3) is 0 Å². The molecular formula is C14H17ClO3. The van der Waals surface area contributed by atoms with Crippen molar-refractivity contribution in [3.63, 3.8) is 0 Å². The number of methoxy groups -OCH3 is 1. The average Bonchev–Trinajstić information content (AvgIpc) is 2.38. The van der Waals surface area contributed by atoms with E-state index in [1.165, 1.54) is 7.11 Å². The highest BCUT2D eigenvalue weighted by molar-refractivity contribution is 6.31. The van der Waals surface area contributed by atoms with Crippen molar-refractivity contribution in [2.75, 3.05) is 13.7 Å². The summed E-state index contributed by atoms with van der Waals surface area (Å²) in [4.78, 5) is 11.7. The van der Waals surface area contributed by atoms with E-state index in [2.05, 4.69) is 6.92 Å². The molecule has 1 unspecified atom stereocenters. The van der Waals surface area contributed by atoms with Gasteiger partial charge < -0.3 is 9.47 Å². The predicted molar refractivity (Wildman–Crippen MR) is 70.6 cm³/mol. The van der Waals surface area contributed by atoms with Crippen LogP contribution in [0.15, 0.2) is 12.1 Å². The number of hydrogen-bond acceptors (Lipinski definition) is 3. The van der Waals surface area contributed by atoms with Crippen LogP contribution in [0.5, 0.6) is 5.75 Å². The van der Waals surface area contributed by atoms with E-state index in [0.717, 1.165) is 24.8 Å². The molecule has 1 atom stereocenters. The number of fused-ring (bicyclic) bond motifs is 1. The van der Waals surface area contributed by atoms with Gasteiger partial charge in [-0.2, -0.15) is 0 Å². The van der Waals surface area contributed by atoms with E-state index in [-0.39, 0.29) is 0 Å². The molecule has 0 spiro atoms. The maximum atomic E-state index is 11.7. The summed E-state index contributed by atoms with van der Waals surface area (Å²) in [5, 5.41) is 0.556. The maximum absolute atomic E-state index is 11.7. The zero-order chi connectivity index (χ0) is 13.1. The van der Waals surface area contributed by atoms with Gasteiger partial charge in [-0.3, -0.25) is 0 Å². The van der Waals surface area contributed by atoms with Gasteiger partial charge in [-0.05, 0) is 36.5 Å². The van der Waals surface area contributed by atoms with Gasteiger partial charge >= 0.3 is 5.97 Å². The molecule has 0 aliphatic carbocycles. The van der Waals surface area contributed by atoms with E-state index >= 15 is 0 Å². The maximum Gasteiger partial charge on any atom is 0.341 e. The van der Waals surface area contributed by atoms with Crippen LogP contribution in [0, 0.1) is 0 Å². The number of esters is 1. The van der Waals surface area contributed by atoms with Crippen LogP contribution in [0.4, 0.5) is 0 Å². The van der Waals surface area contributed by atoms with Crippen molar-refractivity contribution in [2.24, 2.45) is 0 Å². The molecule has 0 fully saturated rings. The third-order valence-electron chi connectivity index (χ3n) is 3.28. The summed E-state index contributed by atoms with van der Waals surface area (Å²) in [5.41, 5.74) is 1.47. The van der Waals surface area contributed by atoms with Gasteiger partial charge in [-0.15, -0.1) is 0 Å². The van der Waals surface area contributed by atoms with Crippen LogP contribution < -0.4 is 4.74 Å². The van der Waals surface area contributed by atoms with Gasteiger partial charge in [-0.25, -0.2) is 4.79 Å². The van der Waals surface area contributed by atoms with Crippen LogP contribution in [0.25, 0.3) is 0 Å². The van der Waals surface area contributed by atoms with Crippen LogP contribution in [-0.4, -0.2) is 19.7 Å². The molecule has 2 rings (SSSR count). The number of hydrogen-bond donors (Lipinski definition) is 0. The lowest BCUT2D eigenvalue weighted by molar-refractivity contribution is 0.0594. The predicted octanol–water partition coefficient (Wildman–Crippen LogP) is 3.79. The van der Waals surface area contributed by atoms with Crippen molar-refractivity contribution >= 4 is 17.6 Å². The number of ether oxygens (including phenoxy) is 2. The lowest BCUT2D eigenvalue weighted by atomic mass is 9.88. The van der Waals surface area contributed by atoms with Gasteiger partial charge in [0.05, 0.1) is 13.7 Å². The minimum Gasteiger partial charge on any atom is -0.492 e. The quantitative estimate of drug-likeness (QED) is 0.783. The second-order valence-corrected chi connectivity index (χ2v) is 4.92. The summed E-state index contributed by atoms with van der Waals surface area (Å²) < 4.78 is 10.4. The summed E-state index contributed by atoms with van der Waals surface area (Å²) >= 11 is 6.08. The first kappa shape index (κ1) is 13.2. The number of carbonyl (C=O) groups is 1. The molecule has 0 aromatic heterocycles. The van der Waals surface area contributed by atoms with E-state index < -0.39 is 5.97 Å². The number of rotatable bonds is 3. The highest BCUT2D eigenvalue weighted by Gasteiger charge is 2.26. The summed E-state index contributed by atoms with van der Waals surface area (Å²) in [5.74, 6) is 0.669. The Kier molecular flexibility index (Phi) is 4.12. The molecule has 0 N–H and O–H groups in total. The second-order valence-electron chi connectivity index (χ2n) is 4.49. The molecule has 0 radical (unpaired) electrons. The average molecular weight is 269 g/mol. The summed E-state index contributed by atoms with van der Waals surface area (Å²) in [6, 6.07) is 3.52. The van der Waals surface area contributed by atoms with Crippen LogP contribution >= 0.6 is 11.6 Å². The Morgan fingerprint density at radius 3 is 3.00 bits per heavy atom. The Morgan fingerprint density at radius 2 is 2.33 bits per heavy atom. The monoisotopic (exact) mass is 268 g/mol. The van der Waals surface area contributed by atoms with Crippen LogP contribution in [0.2, 0.25) is 5.02 Å². The highest BCUT2D eigenvalue weighted by atomic mass is 35.5. The molecule has 1 aromatic rings. The molecular weight excluding hydrogens is 252 g/mol. The molecule has 0 bridgehead atoms. The molecule has 0 amide bonds. The van der Waals surface area contributed by atoms with E-state index in [4.69, 9.17) is 21.1 Å². The number of carbonyl (C=O) groups excluding carboxylic acids is 1. The van der Waals surface area contributed by atoms with Crippen molar-refractivity contribution in [3.05, 3.63) is 28.3 Å². The first-order valence-electron chi connectivity index (χ1n) is 6.22. The fourth-order valence-electron chi connectivity index (χ4n) is 2.45. The molecule has 1 aromatic carbocycles. The molecule has 0 saturated heterocycles. The molecule has 18 heavy (non-hydrogen) atoms. The third kappa shape index (κ3) is 2.46. The zero-order valence-corrected chi connectivity index (χ0v) is 11.4. The van der Waals surface area contributed by atoms with Crippen molar-refractivity contribution in [1.82, 2.24) is 0 Å². The summed E-state index contributed by atoms with van der Waals surface area (Å²) in [6.45, 7) is 2.80. The van der Waals surface area contributed by atoms with Gasteiger partial charge in [0.1, 0.15) is 11.3 Å². The second kappa shape index (κ2) is 5.61. The first-order valence-corrected chi connectivity index (χ1v) is 6.59. The molecule has 1 aliphatic heterocycles. The minimum absolute atomic E-state index is 0.397. The van der Waals surface area contributed by atoms with Crippen molar-refractivity contribution in [1.29, 1.82) is 0 Å². The minimum atomic E-state index is -0.397. The number of halogens is 1. The fraction of sp³-hybridized carbons (Fsp3) is 0.500. The molecule has 3 nitrogen and oxygen atoms in total. The van der Waals surface area contributed by atoms with Crippen molar-refractivity contribution in [2.45, 2.75) is 32.1 Å². The SMILES string of the molecule is CCCC1CCOc2c(C(=O)OC)cc(Cl)cc21. The largest absolute Gasteiger partial charge is 0.492 e. The Bertz CT molecular complexity index is 457. The van der Waals surface area contributed by atoms with Crippen molar-refractivity contribution in [3.8, 4) is 5.75 Å². The van der Waals surface area contributed by atoms with Crippen LogP contribution in [0.1, 0.15) is 48.0 Å². The third-order valence-corrected chi connectivity index (χ3v) is 3.50. The van der Waals surface area contributed by atoms with Gasteiger partial charge in [0.15, 0.2) is 0 Å². The van der Waals surface area contributed by atoms with E-state index in [9.17, 15) is 4.79 Å². The fourth-order valence-corrected chi connectivity index (χ4v) is 2.67. The van der Waals surface area contributed by atoms with Gasteiger partial charge in [0, 0.05) is 5.02 Å². The summed E-state index contributed by atoms with van der Waals surface area (Å²) in [7, 11) is 1.36. The topological polar surface area (TPSA) is 35.5 Å². The first-order chi connectivity index (χ1) is 8.67.